The van der Waals surface area contributed by atoms with Crippen molar-refractivity contribution in [1.82, 2.24) is 0 Å². The maximum absolute atomic E-state index is 2.36. The fourth-order valence-corrected chi connectivity index (χ4v) is 3.79. The number of fused-ring (bicyclic) bond motifs is 3. The summed E-state index contributed by atoms with van der Waals surface area (Å²) in [7, 11) is 2.18. The lowest BCUT2D eigenvalue weighted by Gasteiger charge is -2.15. The molecule has 0 atom stereocenters. The van der Waals surface area contributed by atoms with Crippen LogP contribution in [-0.2, 0) is 12.5 Å². The Morgan fingerprint density at radius 2 is 1.67 bits per heavy atom. The summed E-state index contributed by atoms with van der Waals surface area (Å²) < 4.78 is 5.09. The molecular weight excluding hydrogens is 238 g/mol. The van der Waals surface area contributed by atoms with Crippen molar-refractivity contribution in [2.24, 2.45) is 7.05 Å². The molecule has 0 aliphatic carbocycles. The molecule has 0 aliphatic heterocycles. The molecule has 1 nitrogen and oxygen atoms in total. The Balaban J connectivity index is 2.47. The lowest BCUT2D eigenvalue weighted by atomic mass is 9.91. The topological polar surface area (TPSA) is 3.88 Å². The highest BCUT2D eigenvalue weighted by atomic mass is 32.1. The second-order valence-electron chi connectivity index (χ2n) is 5.84. The van der Waals surface area contributed by atoms with Crippen LogP contribution in [-0.4, -0.2) is 0 Å². The third kappa shape index (κ3) is 1.64. The Labute approximate surface area is 112 Å². The summed E-state index contributed by atoms with van der Waals surface area (Å²) >= 11 is 1.87. The molecule has 18 heavy (non-hydrogen) atoms. The van der Waals surface area contributed by atoms with Crippen molar-refractivity contribution in [1.29, 1.82) is 0 Å². The fourth-order valence-electron chi connectivity index (χ4n) is 2.65. The van der Waals surface area contributed by atoms with Crippen LogP contribution in [0.4, 0.5) is 0 Å². The van der Waals surface area contributed by atoms with Crippen LogP contribution in [0.15, 0.2) is 36.4 Å². The molecule has 0 saturated carbocycles. The van der Waals surface area contributed by atoms with Gasteiger partial charge in [-0.05, 0) is 18.2 Å². The average Bonchev–Trinajstić information content (AvgIpc) is 2.66. The first-order chi connectivity index (χ1) is 8.48. The van der Waals surface area contributed by atoms with Crippen molar-refractivity contribution in [2.75, 3.05) is 0 Å². The van der Waals surface area contributed by atoms with Gasteiger partial charge in [0.2, 0.25) is 5.52 Å². The van der Waals surface area contributed by atoms with Crippen molar-refractivity contribution in [3.63, 3.8) is 0 Å². The minimum atomic E-state index is 0.173. The van der Waals surface area contributed by atoms with Crippen molar-refractivity contribution in [2.45, 2.75) is 26.2 Å². The molecule has 3 aromatic rings. The van der Waals surface area contributed by atoms with Gasteiger partial charge in [-0.25, -0.2) is 0 Å². The van der Waals surface area contributed by atoms with E-state index in [0.29, 0.717) is 0 Å². The molecule has 2 heteroatoms. The lowest BCUT2D eigenvalue weighted by Crippen LogP contribution is -2.39. The zero-order valence-electron chi connectivity index (χ0n) is 11.3. The summed E-state index contributed by atoms with van der Waals surface area (Å²) in [6.07, 6.45) is 0. The van der Waals surface area contributed by atoms with E-state index in [4.69, 9.17) is 0 Å². The zero-order valence-corrected chi connectivity index (χ0v) is 12.1. The number of hydrogen-bond acceptors (Lipinski definition) is 1. The molecule has 2 heterocycles. The normalized spacial score (nSPS) is 12.4. The van der Waals surface area contributed by atoms with E-state index in [-0.39, 0.29) is 5.41 Å². The van der Waals surface area contributed by atoms with E-state index in [1.165, 1.54) is 26.0 Å². The van der Waals surface area contributed by atoms with E-state index >= 15 is 0 Å². The SMILES string of the molecule is C[n+]1c(C(C)(C)C)ccc2sc3ccccc3c21. The first-order valence-electron chi connectivity index (χ1n) is 6.29. The zero-order chi connectivity index (χ0) is 12.9. The number of aromatic nitrogens is 1. The van der Waals surface area contributed by atoms with Gasteiger partial charge >= 0.3 is 0 Å². The third-order valence-electron chi connectivity index (χ3n) is 3.45. The van der Waals surface area contributed by atoms with Gasteiger partial charge in [-0.1, -0.05) is 32.9 Å². The van der Waals surface area contributed by atoms with Crippen molar-refractivity contribution >= 4 is 31.6 Å². The van der Waals surface area contributed by atoms with Gasteiger partial charge in [0.1, 0.15) is 11.7 Å². The Bertz CT molecular complexity index is 732. The summed E-state index contributed by atoms with van der Waals surface area (Å²) in [5.74, 6) is 0. The summed E-state index contributed by atoms with van der Waals surface area (Å²) in [4.78, 5) is 0. The van der Waals surface area contributed by atoms with Crippen LogP contribution in [0.3, 0.4) is 0 Å². The number of nitrogens with zero attached hydrogens (tertiary/aromatic N) is 1. The van der Waals surface area contributed by atoms with Crippen LogP contribution in [0, 0.1) is 0 Å². The van der Waals surface area contributed by atoms with Crippen molar-refractivity contribution < 1.29 is 4.57 Å². The molecule has 0 fully saturated rings. The molecule has 0 bridgehead atoms. The van der Waals surface area contributed by atoms with Crippen LogP contribution in [0.2, 0.25) is 0 Å². The van der Waals surface area contributed by atoms with Gasteiger partial charge in [-0.3, -0.25) is 0 Å². The van der Waals surface area contributed by atoms with Crippen LogP contribution < -0.4 is 4.57 Å². The Morgan fingerprint density at radius 3 is 2.39 bits per heavy atom. The smallest absolute Gasteiger partial charge is 0.197 e. The molecule has 0 N–H and O–H groups in total. The molecule has 1 aromatic carbocycles. The van der Waals surface area contributed by atoms with Gasteiger partial charge in [0.05, 0.1) is 5.39 Å². The van der Waals surface area contributed by atoms with Gasteiger partial charge in [-0.2, -0.15) is 4.57 Å². The van der Waals surface area contributed by atoms with Crippen molar-refractivity contribution in [3.05, 3.63) is 42.1 Å². The largest absolute Gasteiger partial charge is 0.231 e. The highest BCUT2D eigenvalue weighted by Gasteiger charge is 2.26. The van der Waals surface area contributed by atoms with Crippen molar-refractivity contribution in [3.8, 4) is 0 Å². The van der Waals surface area contributed by atoms with Gasteiger partial charge in [-0.15, -0.1) is 11.3 Å². The molecule has 92 valence electrons. The van der Waals surface area contributed by atoms with Crippen LogP contribution in [0.1, 0.15) is 26.5 Å². The average molecular weight is 256 g/mol. The molecule has 2 aromatic heterocycles. The number of aryl methyl sites for hydroxylation is 1. The number of thiophene rings is 1. The lowest BCUT2D eigenvalue weighted by molar-refractivity contribution is -0.655. The predicted molar refractivity (Wildman–Crippen MR) is 79.2 cm³/mol. The Hall–Kier alpha value is -1.41. The molecule has 0 radical (unpaired) electrons. The molecule has 0 aliphatic rings. The quantitative estimate of drug-likeness (QED) is 0.531. The molecule has 3 rings (SSSR count). The summed E-state index contributed by atoms with van der Waals surface area (Å²) in [6.45, 7) is 6.80. The van der Waals surface area contributed by atoms with Gasteiger partial charge in [0.15, 0.2) is 5.69 Å². The summed E-state index contributed by atoms with van der Waals surface area (Å²) in [6, 6.07) is 13.2. The first kappa shape index (κ1) is 11.7. The number of rotatable bonds is 0. The highest BCUT2D eigenvalue weighted by Crippen LogP contribution is 2.32. The first-order valence-corrected chi connectivity index (χ1v) is 7.11. The molecule has 0 amide bonds. The Kier molecular flexibility index (Phi) is 2.46. The van der Waals surface area contributed by atoms with E-state index in [2.05, 4.69) is 68.8 Å². The van der Waals surface area contributed by atoms with Crippen LogP contribution in [0.25, 0.3) is 20.3 Å². The number of benzene rings is 1. The van der Waals surface area contributed by atoms with E-state index in [9.17, 15) is 0 Å². The third-order valence-corrected chi connectivity index (χ3v) is 4.58. The second kappa shape index (κ2) is 3.79. The Morgan fingerprint density at radius 1 is 0.944 bits per heavy atom. The number of hydrogen-bond donors (Lipinski definition) is 0. The maximum atomic E-state index is 2.36. The minimum absolute atomic E-state index is 0.173. The second-order valence-corrected chi connectivity index (χ2v) is 6.92. The molecule has 0 spiro atoms. The van der Waals surface area contributed by atoms with Gasteiger partial charge in [0, 0.05) is 16.2 Å². The van der Waals surface area contributed by atoms with E-state index in [1.54, 1.807) is 0 Å². The predicted octanol–water partition coefficient (Wildman–Crippen LogP) is 4.18. The monoisotopic (exact) mass is 256 g/mol. The summed E-state index contributed by atoms with van der Waals surface area (Å²) in [5, 5.41) is 1.37. The highest BCUT2D eigenvalue weighted by molar-refractivity contribution is 7.25. The van der Waals surface area contributed by atoms with Crippen LogP contribution in [0.5, 0.6) is 0 Å². The molecule has 0 saturated heterocycles. The number of pyridine rings is 1. The van der Waals surface area contributed by atoms with E-state index < -0.39 is 0 Å². The maximum Gasteiger partial charge on any atom is 0.231 e. The standard InChI is InChI=1S/C16H18NS/c1-16(2,3)14-10-9-13-15(17(14)4)11-7-5-6-8-12(11)18-13/h5-10H,1-4H3/q+1. The minimum Gasteiger partial charge on any atom is -0.197 e. The van der Waals surface area contributed by atoms with E-state index in [1.807, 2.05) is 11.3 Å². The molecule has 0 unspecified atom stereocenters. The molecular formula is C16H18NS+. The fraction of sp³-hybridized carbons (Fsp3) is 0.312. The van der Waals surface area contributed by atoms with Gasteiger partial charge < -0.3 is 0 Å². The van der Waals surface area contributed by atoms with Gasteiger partial charge in [0.25, 0.3) is 0 Å². The van der Waals surface area contributed by atoms with E-state index in [0.717, 1.165) is 0 Å². The summed E-state index contributed by atoms with van der Waals surface area (Å²) in [5.41, 5.74) is 2.91. The van der Waals surface area contributed by atoms with Crippen LogP contribution >= 0.6 is 11.3 Å².